The van der Waals surface area contributed by atoms with Crippen LogP contribution in [0.15, 0.2) is 0 Å². The summed E-state index contributed by atoms with van der Waals surface area (Å²) in [4.78, 5) is 23.4. The molecule has 0 aromatic rings. The largest absolute Gasteiger partial charge is 0.444 e. The first-order valence-electron chi connectivity index (χ1n) is 13.8. The van der Waals surface area contributed by atoms with E-state index < -0.39 is 14.7 Å². The third kappa shape index (κ3) is 24.7. The molecule has 2 unspecified atom stereocenters. The first-order chi connectivity index (χ1) is 16.5. The molecule has 8 heteroatoms. The van der Waals surface area contributed by atoms with Crippen LogP contribution < -0.4 is 5.32 Å². The molecule has 0 saturated carbocycles. The predicted octanol–water partition coefficient (Wildman–Crippen LogP) is 7.18. The van der Waals surface area contributed by atoms with Crippen LogP contribution in [0, 0.1) is 0 Å². The van der Waals surface area contributed by atoms with Crippen molar-refractivity contribution in [1.82, 2.24) is 10.2 Å². The van der Waals surface area contributed by atoms with Gasteiger partial charge in [0.25, 0.3) is 0 Å². The summed E-state index contributed by atoms with van der Waals surface area (Å²) in [5.74, 6) is 0. The van der Waals surface area contributed by atoms with Gasteiger partial charge < -0.3 is 28.9 Å². The summed E-state index contributed by atoms with van der Waals surface area (Å²) in [6.07, 6.45) is 21.1. The second kappa shape index (κ2) is 25.6. The molecule has 0 spiro atoms. The summed E-state index contributed by atoms with van der Waals surface area (Å²) in [5.41, 5.74) is 0. The molecule has 2 N–H and O–H groups in total. The van der Waals surface area contributed by atoms with Crippen LogP contribution in [-0.4, -0.2) is 62.9 Å². The molecule has 0 aromatic carbocycles. The summed E-state index contributed by atoms with van der Waals surface area (Å²) in [6, 6.07) is 0. The quantitative estimate of drug-likeness (QED) is 0.101. The highest BCUT2D eigenvalue weighted by atomic mass is 31.2. The minimum absolute atomic E-state index is 0.149. The maximum atomic E-state index is 11.6. The maximum absolute atomic E-state index is 11.6. The fourth-order valence-electron chi connectivity index (χ4n) is 3.79. The van der Waals surface area contributed by atoms with E-state index in [0.29, 0.717) is 13.2 Å². The van der Waals surface area contributed by atoms with E-state index in [0.717, 1.165) is 19.3 Å². The van der Waals surface area contributed by atoms with Crippen molar-refractivity contribution >= 4 is 14.7 Å². The van der Waals surface area contributed by atoms with Crippen molar-refractivity contribution in [1.29, 1.82) is 0 Å². The molecule has 0 aliphatic heterocycles. The lowest BCUT2D eigenvalue weighted by molar-refractivity contribution is 0.0521. The SMILES string of the molecule is CCCCCCCCCCCCCCCCCCC(COP(O)OCCN(C)C)OC(=O)NC. The number of carbonyl (C=O) groups excluding carboxylic acids is 1. The van der Waals surface area contributed by atoms with Gasteiger partial charge in [0, 0.05) is 13.6 Å². The molecule has 7 nitrogen and oxygen atoms in total. The van der Waals surface area contributed by atoms with Gasteiger partial charge in [-0.2, -0.15) is 0 Å². The number of hydrogen-bond acceptors (Lipinski definition) is 6. The number of alkyl carbamates (subject to hydrolysis) is 1. The second-order valence-electron chi connectivity index (χ2n) is 9.54. The third-order valence-electron chi connectivity index (χ3n) is 5.97. The number of nitrogens with zero attached hydrogens (tertiary/aromatic N) is 1. The smallest absolute Gasteiger partial charge is 0.407 e. The molecule has 0 aromatic heterocycles. The molecular formula is C26H55N2O5P. The molecule has 204 valence electrons. The Morgan fingerprint density at radius 1 is 0.824 bits per heavy atom. The molecule has 0 saturated heterocycles. The number of hydrogen-bond donors (Lipinski definition) is 2. The van der Waals surface area contributed by atoms with Crippen LogP contribution in [0.2, 0.25) is 0 Å². The van der Waals surface area contributed by atoms with Crippen molar-refractivity contribution in [3.05, 3.63) is 0 Å². The predicted molar refractivity (Wildman–Crippen MR) is 143 cm³/mol. The average Bonchev–Trinajstić information content (AvgIpc) is 2.81. The minimum atomic E-state index is -1.95. The zero-order valence-electron chi connectivity index (χ0n) is 22.7. The fourth-order valence-corrected chi connectivity index (χ4v) is 4.40. The zero-order valence-corrected chi connectivity index (χ0v) is 23.6. The van der Waals surface area contributed by atoms with E-state index in [1.807, 2.05) is 19.0 Å². The van der Waals surface area contributed by atoms with E-state index >= 15 is 0 Å². The summed E-state index contributed by atoms with van der Waals surface area (Å²) in [6.45, 7) is 3.53. The molecule has 0 aliphatic carbocycles. The number of nitrogens with one attached hydrogen (secondary N) is 1. The van der Waals surface area contributed by atoms with Gasteiger partial charge in [0.2, 0.25) is 0 Å². The van der Waals surface area contributed by atoms with E-state index in [2.05, 4.69) is 12.2 Å². The topological polar surface area (TPSA) is 80.3 Å². The number of likely N-dealkylation sites (N-methyl/N-ethyl adjacent to an activating group) is 1. The third-order valence-corrected chi connectivity index (χ3v) is 6.74. The minimum Gasteiger partial charge on any atom is -0.444 e. The number of rotatable bonds is 25. The van der Waals surface area contributed by atoms with Crippen LogP contribution in [0.3, 0.4) is 0 Å². The molecule has 0 fully saturated rings. The average molecular weight is 507 g/mol. The molecule has 0 aliphatic rings. The lowest BCUT2D eigenvalue weighted by atomic mass is 10.0. The van der Waals surface area contributed by atoms with Gasteiger partial charge in [-0.05, 0) is 26.9 Å². The Labute approximate surface area is 211 Å². The standard InChI is InChI=1S/C26H55N2O5P/c1-5-6-7-8-9-10-11-12-13-14-15-16-17-18-19-20-21-25(33-26(29)27-2)24-32-34(30)31-23-22-28(3)4/h25,30H,5-24H2,1-4H3,(H,27,29). The van der Waals surface area contributed by atoms with Crippen molar-refractivity contribution in [2.45, 2.75) is 122 Å². The van der Waals surface area contributed by atoms with E-state index in [-0.39, 0.29) is 12.7 Å². The van der Waals surface area contributed by atoms with Gasteiger partial charge in [-0.1, -0.05) is 103 Å². The number of unbranched alkanes of at least 4 members (excludes halogenated alkanes) is 15. The Bertz CT molecular complexity index is 443. The van der Waals surface area contributed by atoms with Gasteiger partial charge in [-0.25, -0.2) is 4.79 Å². The Hall–Kier alpha value is -0.460. The van der Waals surface area contributed by atoms with Crippen molar-refractivity contribution < 1.29 is 23.5 Å². The monoisotopic (exact) mass is 506 g/mol. The molecular weight excluding hydrogens is 451 g/mol. The van der Waals surface area contributed by atoms with Crippen LogP contribution in [-0.2, 0) is 13.8 Å². The molecule has 0 bridgehead atoms. The number of amides is 1. The fraction of sp³-hybridized carbons (Fsp3) is 0.962. The van der Waals surface area contributed by atoms with E-state index in [1.54, 1.807) is 0 Å². The van der Waals surface area contributed by atoms with Gasteiger partial charge >= 0.3 is 14.7 Å². The van der Waals surface area contributed by atoms with Gasteiger partial charge in [-0.3, -0.25) is 0 Å². The molecule has 0 radical (unpaired) electrons. The van der Waals surface area contributed by atoms with Crippen LogP contribution in [0.25, 0.3) is 0 Å². The van der Waals surface area contributed by atoms with E-state index in [9.17, 15) is 9.69 Å². The molecule has 2 atom stereocenters. The van der Waals surface area contributed by atoms with Gasteiger partial charge in [0.15, 0.2) is 0 Å². The Morgan fingerprint density at radius 2 is 1.29 bits per heavy atom. The lowest BCUT2D eigenvalue weighted by Crippen LogP contribution is -2.29. The Morgan fingerprint density at radius 3 is 1.74 bits per heavy atom. The Balaban J connectivity index is 3.68. The molecule has 0 heterocycles. The number of carbonyl (C=O) groups is 1. The van der Waals surface area contributed by atoms with Gasteiger partial charge in [-0.15, -0.1) is 0 Å². The van der Waals surface area contributed by atoms with Crippen LogP contribution in [0.4, 0.5) is 4.79 Å². The highest BCUT2D eigenvalue weighted by Gasteiger charge is 2.17. The molecule has 34 heavy (non-hydrogen) atoms. The zero-order chi connectivity index (χ0) is 25.3. The highest BCUT2D eigenvalue weighted by Crippen LogP contribution is 2.33. The first-order valence-corrected chi connectivity index (χ1v) is 14.9. The molecule has 1 amide bonds. The van der Waals surface area contributed by atoms with Crippen molar-refractivity contribution in [2.24, 2.45) is 0 Å². The highest BCUT2D eigenvalue weighted by molar-refractivity contribution is 7.40. The summed E-state index contributed by atoms with van der Waals surface area (Å²) in [7, 11) is 3.47. The first kappa shape index (κ1) is 33.5. The maximum Gasteiger partial charge on any atom is 0.407 e. The normalized spacial score (nSPS) is 13.2. The lowest BCUT2D eigenvalue weighted by Gasteiger charge is -2.19. The van der Waals surface area contributed by atoms with Crippen LogP contribution in [0.5, 0.6) is 0 Å². The summed E-state index contributed by atoms with van der Waals surface area (Å²) < 4.78 is 16.0. The van der Waals surface area contributed by atoms with Crippen molar-refractivity contribution in [3.63, 3.8) is 0 Å². The van der Waals surface area contributed by atoms with Crippen molar-refractivity contribution in [3.8, 4) is 0 Å². The van der Waals surface area contributed by atoms with Gasteiger partial charge in [0.1, 0.15) is 6.10 Å². The number of ether oxygens (including phenoxy) is 1. The second-order valence-corrected chi connectivity index (χ2v) is 10.5. The van der Waals surface area contributed by atoms with Crippen molar-refractivity contribution in [2.75, 3.05) is 40.9 Å². The van der Waals surface area contributed by atoms with Gasteiger partial charge in [0.05, 0.1) is 13.2 Å². The summed E-state index contributed by atoms with van der Waals surface area (Å²) >= 11 is 0. The van der Waals surface area contributed by atoms with E-state index in [4.69, 9.17) is 13.8 Å². The van der Waals surface area contributed by atoms with Crippen LogP contribution >= 0.6 is 8.60 Å². The van der Waals surface area contributed by atoms with E-state index in [1.165, 1.54) is 96.9 Å². The molecule has 0 rings (SSSR count). The summed E-state index contributed by atoms with van der Waals surface area (Å²) in [5, 5.41) is 2.48. The Kier molecular flexibility index (Phi) is 25.3. The van der Waals surface area contributed by atoms with Crippen LogP contribution in [0.1, 0.15) is 116 Å².